The molecule has 1 aliphatic rings. The first kappa shape index (κ1) is 6.88. The third-order valence-electron chi connectivity index (χ3n) is 1.51. The molecule has 0 unspecified atom stereocenters. The molecule has 1 rings (SSSR count). The molecule has 0 aromatic rings. The minimum Gasteiger partial charge on any atom is -0.457 e. The molecular formula is C8H8O2. The Morgan fingerprint density at radius 1 is 1.80 bits per heavy atom. The van der Waals surface area contributed by atoms with Crippen molar-refractivity contribution >= 4 is 5.97 Å². The maximum Gasteiger partial charge on any atom is 0.347 e. The Bertz CT molecular complexity index is 230. The lowest BCUT2D eigenvalue weighted by Gasteiger charge is -1.89. The fourth-order valence-electron chi connectivity index (χ4n) is 0.881. The zero-order valence-electron chi connectivity index (χ0n) is 5.81. The molecular weight excluding hydrogens is 128 g/mol. The van der Waals surface area contributed by atoms with E-state index in [4.69, 9.17) is 11.2 Å². The molecule has 0 bridgehead atoms. The average Bonchev–Trinajstić information content (AvgIpc) is 2.30. The van der Waals surface area contributed by atoms with Crippen LogP contribution >= 0.6 is 0 Å². The second kappa shape index (κ2) is 2.57. The summed E-state index contributed by atoms with van der Waals surface area (Å²) in [6.45, 7) is 2.34. The Balaban J connectivity index is 2.95. The number of ether oxygens (including phenoxy) is 1. The number of rotatable bonds is 1. The van der Waals surface area contributed by atoms with Crippen LogP contribution in [0.5, 0.6) is 0 Å². The molecule has 10 heavy (non-hydrogen) atoms. The number of hydrogen-bond acceptors (Lipinski definition) is 2. The van der Waals surface area contributed by atoms with E-state index in [9.17, 15) is 4.79 Å². The Hall–Kier alpha value is -1.23. The van der Waals surface area contributed by atoms with Gasteiger partial charge in [0.05, 0.1) is 0 Å². The first-order valence-electron chi connectivity index (χ1n) is 3.15. The predicted octanol–water partition coefficient (Wildman–Crippen LogP) is 0.883. The molecule has 0 radical (unpaired) electrons. The highest BCUT2D eigenvalue weighted by Crippen LogP contribution is 2.17. The third-order valence-corrected chi connectivity index (χ3v) is 1.51. The van der Waals surface area contributed by atoms with Gasteiger partial charge in [0.1, 0.15) is 12.2 Å². The summed E-state index contributed by atoms with van der Waals surface area (Å²) in [5, 5.41) is 0. The van der Waals surface area contributed by atoms with Gasteiger partial charge in [-0.15, -0.1) is 6.42 Å². The summed E-state index contributed by atoms with van der Waals surface area (Å²) in [7, 11) is 0. The van der Waals surface area contributed by atoms with Crippen molar-refractivity contribution in [3.63, 3.8) is 0 Å². The van der Waals surface area contributed by atoms with Gasteiger partial charge in [-0.3, -0.25) is 0 Å². The van der Waals surface area contributed by atoms with Crippen molar-refractivity contribution in [1.82, 2.24) is 0 Å². The van der Waals surface area contributed by atoms with Gasteiger partial charge in [0.25, 0.3) is 0 Å². The SMILES string of the molecule is C#CC1=C(CC)COC1=O. The van der Waals surface area contributed by atoms with Gasteiger partial charge in [0, 0.05) is 0 Å². The van der Waals surface area contributed by atoms with Gasteiger partial charge < -0.3 is 4.74 Å². The maximum absolute atomic E-state index is 10.8. The lowest BCUT2D eigenvalue weighted by atomic mass is 10.1. The van der Waals surface area contributed by atoms with E-state index in [1.54, 1.807) is 0 Å². The number of esters is 1. The normalized spacial score (nSPS) is 17.0. The van der Waals surface area contributed by atoms with Crippen LogP contribution in [-0.4, -0.2) is 12.6 Å². The van der Waals surface area contributed by atoms with Crippen molar-refractivity contribution in [1.29, 1.82) is 0 Å². The number of cyclic esters (lactones) is 1. The van der Waals surface area contributed by atoms with E-state index in [1.807, 2.05) is 6.92 Å². The Labute approximate surface area is 59.9 Å². The highest BCUT2D eigenvalue weighted by atomic mass is 16.5. The van der Waals surface area contributed by atoms with Crippen molar-refractivity contribution in [3.05, 3.63) is 11.1 Å². The Kier molecular flexibility index (Phi) is 1.77. The van der Waals surface area contributed by atoms with Crippen molar-refractivity contribution < 1.29 is 9.53 Å². The molecule has 52 valence electrons. The summed E-state index contributed by atoms with van der Waals surface area (Å²) in [5.74, 6) is 1.97. The highest BCUT2D eigenvalue weighted by molar-refractivity contribution is 5.96. The fraction of sp³-hybridized carbons (Fsp3) is 0.375. The molecule has 0 aliphatic carbocycles. The summed E-state index contributed by atoms with van der Waals surface area (Å²) in [5.41, 5.74) is 1.36. The van der Waals surface area contributed by atoms with Crippen molar-refractivity contribution in [2.75, 3.05) is 6.61 Å². The molecule has 1 heterocycles. The second-order valence-corrected chi connectivity index (χ2v) is 2.05. The van der Waals surface area contributed by atoms with E-state index in [2.05, 4.69) is 5.92 Å². The minimum atomic E-state index is -0.348. The predicted molar refractivity (Wildman–Crippen MR) is 37.1 cm³/mol. The monoisotopic (exact) mass is 136 g/mol. The van der Waals surface area contributed by atoms with Crippen LogP contribution in [0.2, 0.25) is 0 Å². The lowest BCUT2D eigenvalue weighted by Crippen LogP contribution is -1.96. The van der Waals surface area contributed by atoms with Crippen LogP contribution in [0.4, 0.5) is 0 Å². The molecule has 0 N–H and O–H groups in total. The molecule has 2 nitrogen and oxygen atoms in total. The van der Waals surface area contributed by atoms with E-state index in [-0.39, 0.29) is 5.97 Å². The average molecular weight is 136 g/mol. The molecule has 0 spiro atoms. The summed E-state index contributed by atoms with van der Waals surface area (Å²) in [6.07, 6.45) is 5.88. The Morgan fingerprint density at radius 3 is 2.90 bits per heavy atom. The number of hydrogen-bond donors (Lipinski definition) is 0. The van der Waals surface area contributed by atoms with Gasteiger partial charge in [-0.1, -0.05) is 12.8 Å². The van der Waals surface area contributed by atoms with Crippen LogP contribution in [0.3, 0.4) is 0 Å². The molecule has 0 amide bonds. The van der Waals surface area contributed by atoms with Gasteiger partial charge in [-0.05, 0) is 12.0 Å². The topological polar surface area (TPSA) is 26.3 Å². The maximum atomic E-state index is 10.8. The van der Waals surface area contributed by atoms with Gasteiger partial charge in [0.2, 0.25) is 0 Å². The van der Waals surface area contributed by atoms with Crippen LogP contribution < -0.4 is 0 Å². The van der Waals surface area contributed by atoms with E-state index in [1.165, 1.54) is 0 Å². The standard InChI is InChI=1S/C8H8O2/c1-3-6-5-10-8(9)7(6)4-2/h2H,3,5H2,1H3. The van der Waals surface area contributed by atoms with Crippen LogP contribution in [0, 0.1) is 12.3 Å². The molecule has 0 saturated heterocycles. The Morgan fingerprint density at radius 2 is 2.50 bits per heavy atom. The number of carbonyl (C=O) groups excluding carboxylic acids is 1. The number of terminal acetylenes is 1. The van der Waals surface area contributed by atoms with Gasteiger partial charge >= 0.3 is 5.97 Å². The van der Waals surface area contributed by atoms with E-state index in [0.717, 1.165) is 12.0 Å². The molecule has 0 aromatic carbocycles. The molecule has 1 aliphatic heterocycles. The quantitative estimate of drug-likeness (QED) is 0.395. The van der Waals surface area contributed by atoms with E-state index in [0.29, 0.717) is 12.2 Å². The number of carbonyl (C=O) groups is 1. The fourth-order valence-corrected chi connectivity index (χ4v) is 0.881. The van der Waals surface area contributed by atoms with Gasteiger partial charge in [-0.2, -0.15) is 0 Å². The molecule has 0 atom stereocenters. The smallest absolute Gasteiger partial charge is 0.347 e. The van der Waals surface area contributed by atoms with E-state index < -0.39 is 0 Å². The zero-order valence-corrected chi connectivity index (χ0v) is 5.81. The third kappa shape index (κ3) is 0.906. The van der Waals surface area contributed by atoms with Crippen molar-refractivity contribution in [3.8, 4) is 12.3 Å². The highest BCUT2D eigenvalue weighted by Gasteiger charge is 2.20. The van der Waals surface area contributed by atoms with Crippen molar-refractivity contribution in [2.45, 2.75) is 13.3 Å². The largest absolute Gasteiger partial charge is 0.457 e. The first-order valence-corrected chi connectivity index (χ1v) is 3.15. The van der Waals surface area contributed by atoms with Crippen LogP contribution in [0.1, 0.15) is 13.3 Å². The van der Waals surface area contributed by atoms with Gasteiger partial charge in [-0.25, -0.2) is 4.79 Å². The lowest BCUT2D eigenvalue weighted by molar-refractivity contribution is -0.135. The minimum absolute atomic E-state index is 0.348. The second-order valence-electron chi connectivity index (χ2n) is 2.05. The molecule has 0 saturated carbocycles. The summed E-state index contributed by atoms with van der Waals surface area (Å²) < 4.78 is 4.70. The van der Waals surface area contributed by atoms with Crippen LogP contribution in [0.15, 0.2) is 11.1 Å². The van der Waals surface area contributed by atoms with Crippen LogP contribution in [-0.2, 0) is 9.53 Å². The zero-order chi connectivity index (χ0) is 7.56. The van der Waals surface area contributed by atoms with Crippen LogP contribution in [0.25, 0.3) is 0 Å². The van der Waals surface area contributed by atoms with Gasteiger partial charge in [0.15, 0.2) is 0 Å². The molecule has 2 heteroatoms. The summed E-state index contributed by atoms with van der Waals surface area (Å²) in [4.78, 5) is 10.8. The summed E-state index contributed by atoms with van der Waals surface area (Å²) in [6, 6.07) is 0. The first-order chi connectivity index (χ1) is 4.79. The molecule has 0 fully saturated rings. The van der Waals surface area contributed by atoms with E-state index >= 15 is 0 Å². The van der Waals surface area contributed by atoms with Crippen molar-refractivity contribution in [2.24, 2.45) is 0 Å². The summed E-state index contributed by atoms with van der Waals surface area (Å²) >= 11 is 0. The molecule has 0 aromatic heterocycles.